The van der Waals surface area contributed by atoms with E-state index < -0.39 is 0 Å². The standard InChI is InChI=1S/C15H28N2O3/c18-7-13-3-1-5-16(13)9-15(11-20-12-15)10-17-6-2-4-14(17)8-19/h13-14,18-19H,1-12H2/t13-,14-/m0/s1. The number of aliphatic hydroxyl groups excluding tert-OH is 2. The zero-order valence-corrected chi connectivity index (χ0v) is 12.3. The predicted molar refractivity (Wildman–Crippen MR) is 76.6 cm³/mol. The van der Waals surface area contributed by atoms with E-state index in [1.807, 2.05) is 0 Å². The molecule has 3 heterocycles. The van der Waals surface area contributed by atoms with Crippen LogP contribution in [0.1, 0.15) is 25.7 Å². The van der Waals surface area contributed by atoms with E-state index >= 15 is 0 Å². The van der Waals surface area contributed by atoms with Crippen LogP contribution in [0.3, 0.4) is 0 Å². The summed E-state index contributed by atoms with van der Waals surface area (Å²) in [5.74, 6) is 0. The Morgan fingerprint density at radius 1 is 0.900 bits per heavy atom. The van der Waals surface area contributed by atoms with Gasteiger partial charge in [-0.15, -0.1) is 0 Å². The molecule has 0 radical (unpaired) electrons. The monoisotopic (exact) mass is 284 g/mol. The maximum absolute atomic E-state index is 9.47. The lowest BCUT2D eigenvalue weighted by molar-refractivity contribution is -0.142. The van der Waals surface area contributed by atoms with Gasteiger partial charge in [-0.1, -0.05) is 0 Å². The third-order valence-electron chi connectivity index (χ3n) is 5.31. The summed E-state index contributed by atoms with van der Waals surface area (Å²) in [6, 6.07) is 0.694. The van der Waals surface area contributed by atoms with Crippen LogP contribution in [0.2, 0.25) is 0 Å². The second-order valence-electron chi connectivity index (χ2n) is 6.89. The molecule has 2 atom stereocenters. The van der Waals surface area contributed by atoms with Crippen LogP contribution in [-0.4, -0.2) is 84.7 Å². The minimum Gasteiger partial charge on any atom is -0.395 e. The van der Waals surface area contributed by atoms with Crippen LogP contribution < -0.4 is 0 Å². The van der Waals surface area contributed by atoms with Crippen LogP contribution >= 0.6 is 0 Å². The second-order valence-corrected chi connectivity index (χ2v) is 6.89. The van der Waals surface area contributed by atoms with Gasteiger partial charge in [-0.2, -0.15) is 0 Å². The Morgan fingerprint density at radius 3 is 1.75 bits per heavy atom. The molecule has 3 saturated heterocycles. The number of rotatable bonds is 6. The lowest BCUT2D eigenvalue weighted by Gasteiger charge is -2.47. The van der Waals surface area contributed by atoms with Crippen molar-refractivity contribution >= 4 is 0 Å². The zero-order valence-electron chi connectivity index (χ0n) is 12.3. The fourth-order valence-corrected chi connectivity index (χ4v) is 4.11. The summed E-state index contributed by atoms with van der Waals surface area (Å²) in [4.78, 5) is 4.90. The molecule has 3 rings (SSSR count). The minimum absolute atomic E-state index is 0.218. The molecule has 0 saturated carbocycles. The molecular formula is C15H28N2O3. The molecule has 5 nitrogen and oxygen atoms in total. The lowest BCUT2D eigenvalue weighted by Crippen LogP contribution is -2.58. The topological polar surface area (TPSA) is 56.2 Å². The van der Waals surface area contributed by atoms with Gasteiger partial charge in [0.25, 0.3) is 0 Å². The third kappa shape index (κ3) is 2.88. The molecule has 0 unspecified atom stereocenters. The fourth-order valence-electron chi connectivity index (χ4n) is 4.11. The summed E-state index contributed by atoms with van der Waals surface area (Å²) in [5, 5.41) is 18.9. The first-order chi connectivity index (χ1) is 9.76. The van der Waals surface area contributed by atoms with Gasteiger partial charge in [0.2, 0.25) is 0 Å². The van der Waals surface area contributed by atoms with Crippen LogP contribution in [0.5, 0.6) is 0 Å². The van der Waals surface area contributed by atoms with E-state index in [1.165, 1.54) is 12.8 Å². The van der Waals surface area contributed by atoms with Crippen molar-refractivity contribution in [2.45, 2.75) is 37.8 Å². The fraction of sp³-hybridized carbons (Fsp3) is 1.00. The molecule has 3 aliphatic rings. The summed E-state index contributed by atoms with van der Waals surface area (Å²) < 4.78 is 5.52. The normalized spacial score (nSPS) is 34.5. The molecule has 0 aromatic carbocycles. The molecular weight excluding hydrogens is 256 g/mol. The van der Waals surface area contributed by atoms with E-state index in [0.29, 0.717) is 12.1 Å². The first kappa shape index (κ1) is 14.7. The summed E-state index contributed by atoms with van der Waals surface area (Å²) in [5.41, 5.74) is 0.218. The lowest BCUT2D eigenvalue weighted by atomic mass is 9.84. The van der Waals surface area contributed by atoms with Crippen molar-refractivity contribution in [3.8, 4) is 0 Å². The Kier molecular flexibility index (Phi) is 4.62. The molecule has 5 heteroatoms. The van der Waals surface area contributed by atoms with Crippen LogP contribution in [0.15, 0.2) is 0 Å². The molecule has 3 aliphatic heterocycles. The Labute approximate surface area is 121 Å². The molecule has 0 spiro atoms. The van der Waals surface area contributed by atoms with Gasteiger partial charge in [-0.3, -0.25) is 9.80 Å². The Hall–Kier alpha value is -0.200. The largest absolute Gasteiger partial charge is 0.395 e. The van der Waals surface area contributed by atoms with Crippen LogP contribution in [-0.2, 0) is 4.74 Å². The summed E-state index contributed by atoms with van der Waals surface area (Å²) >= 11 is 0. The molecule has 20 heavy (non-hydrogen) atoms. The highest BCUT2D eigenvalue weighted by Gasteiger charge is 2.44. The summed E-state index contributed by atoms with van der Waals surface area (Å²) in [7, 11) is 0. The van der Waals surface area contributed by atoms with E-state index in [0.717, 1.165) is 52.2 Å². The number of aliphatic hydroxyl groups is 2. The maximum atomic E-state index is 9.47. The molecule has 0 amide bonds. The minimum atomic E-state index is 0.218. The van der Waals surface area contributed by atoms with Crippen molar-refractivity contribution < 1.29 is 14.9 Å². The van der Waals surface area contributed by atoms with Gasteiger partial charge >= 0.3 is 0 Å². The molecule has 0 bridgehead atoms. The molecule has 2 N–H and O–H groups in total. The van der Waals surface area contributed by atoms with Gasteiger partial charge in [0.1, 0.15) is 0 Å². The Balaban J connectivity index is 1.59. The quantitative estimate of drug-likeness (QED) is 0.714. The van der Waals surface area contributed by atoms with Crippen molar-refractivity contribution in [2.75, 3.05) is 52.6 Å². The van der Waals surface area contributed by atoms with E-state index in [9.17, 15) is 10.2 Å². The number of likely N-dealkylation sites (tertiary alicyclic amines) is 2. The summed E-state index contributed by atoms with van der Waals surface area (Å²) in [6.45, 7) is 6.50. The number of ether oxygens (including phenoxy) is 1. The molecule has 0 aromatic rings. The van der Waals surface area contributed by atoms with Gasteiger partial charge in [0.15, 0.2) is 0 Å². The average molecular weight is 284 g/mol. The maximum Gasteiger partial charge on any atom is 0.0586 e. The van der Waals surface area contributed by atoms with Crippen molar-refractivity contribution in [1.29, 1.82) is 0 Å². The van der Waals surface area contributed by atoms with E-state index in [1.54, 1.807) is 0 Å². The number of hydrogen-bond acceptors (Lipinski definition) is 5. The zero-order chi connectivity index (χ0) is 14.0. The molecule has 0 aliphatic carbocycles. The van der Waals surface area contributed by atoms with E-state index in [-0.39, 0.29) is 18.6 Å². The van der Waals surface area contributed by atoms with Crippen molar-refractivity contribution in [2.24, 2.45) is 5.41 Å². The van der Waals surface area contributed by atoms with E-state index in [4.69, 9.17) is 4.74 Å². The Morgan fingerprint density at radius 2 is 1.40 bits per heavy atom. The van der Waals surface area contributed by atoms with Crippen molar-refractivity contribution in [3.63, 3.8) is 0 Å². The number of nitrogens with zero attached hydrogens (tertiary/aromatic N) is 2. The van der Waals surface area contributed by atoms with Crippen LogP contribution in [0.4, 0.5) is 0 Å². The molecule has 0 aromatic heterocycles. The first-order valence-corrected chi connectivity index (χ1v) is 8.04. The second kappa shape index (κ2) is 6.28. The van der Waals surface area contributed by atoms with Crippen molar-refractivity contribution in [3.05, 3.63) is 0 Å². The van der Waals surface area contributed by atoms with Crippen LogP contribution in [0, 0.1) is 5.41 Å². The van der Waals surface area contributed by atoms with E-state index in [2.05, 4.69) is 9.80 Å². The number of hydrogen-bond donors (Lipinski definition) is 2. The van der Waals surface area contributed by atoms with Crippen LogP contribution in [0.25, 0.3) is 0 Å². The highest BCUT2D eigenvalue weighted by molar-refractivity contribution is 4.96. The predicted octanol–water partition coefficient (Wildman–Crippen LogP) is -0.0836. The van der Waals surface area contributed by atoms with Gasteiger partial charge in [-0.05, 0) is 38.8 Å². The molecule has 116 valence electrons. The van der Waals surface area contributed by atoms with Crippen molar-refractivity contribution in [1.82, 2.24) is 9.80 Å². The third-order valence-corrected chi connectivity index (χ3v) is 5.31. The van der Waals surface area contributed by atoms with Gasteiger partial charge in [0, 0.05) is 30.6 Å². The van der Waals surface area contributed by atoms with Gasteiger partial charge < -0.3 is 14.9 Å². The SMILES string of the molecule is OC[C@@H]1CCCN1CC1(CN2CCC[C@H]2CO)COC1. The summed E-state index contributed by atoms with van der Waals surface area (Å²) in [6.07, 6.45) is 4.64. The first-order valence-electron chi connectivity index (χ1n) is 8.04. The highest BCUT2D eigenvalue weighted by atomic mass is 16.5. The molecule has 3 fully saturated rings. The van der Waals surface area contributed by atoms with Gasteiger partial charge in [-0.25, -0.2) is 0 Å². The highest BCUT2D eigenvalue weighted by Crippen LogP contribution is 2.34. The Bertz CT molecular complexity index is 296. The van der Waals surface area contributed by atoms with Gasteiger partial charge in [0.05, 0.1) is 26.4 Å². The average Bonchev–Trinajstić information content (AvgIpc) is 3.04. The smallest absolute Gasteiger partial charge is 0.0586 e.